The van der Waals surface area contributed by atoms with Crippen LogP contribution in [0.1, 0.15) is 39.2 Å². The minimum atomic E-state index is -3.85. The Morgan fingerprint density at radius 3 is 2.25 bits per heavy atom. The molecule has 198 valence electrons. The Balaban J connectivity index is 2.46. The van der Waals surface area contributed by atoms with Crippen molar-refractivity contribution in [2.24, 2.45) is 0 Å². The van der Waals surface area contributed by atoms with Gasteiger partial charge in [0.25, 0.3) is 0 Å². The minimum Gasteiger partial charge on any atom is -0.497 e. The van der Waals surface area contributed by atoms with Crippen LogP contribution in [0.3, 0.4) is 0 Å². The van der Waals surface area contributed by atoms with E-state index in [9.17, 15) is 18.0 Å². The molecule has 0 heterocycles. The van der Waals surface area contributed by atoms with Gasteiger partial charge in [-0.15, -0.1) is 0 Å². The number of amides is 2. The largest absolute Gasteiger partial charge is 0.497 e. The quantitative estimate of drug-likeness (QED) is 0.411. The van der Waals surface area contributed by atoms with Crippen LogP contribution in [0.4, 0.5) is 5.69 Å². The summed E-state index contributed by atoms with van der Waals surface area (Å²) in [5.41, 5.74) is 1.05. The van der Waals surface area contributed by atoms with Crippen LogP contribution in [-0.2, 0) is 26.2 Å². The molecule has 0 aliphatic rings. The number of sulfonamides is 1. The monoisotopic (exact) mass is 519 g/mol. The fraction of sp³-hybridized carbons (Fsp3) is 0.462. The van der Waals surface area contributed by atoms with Crippen LogP contribution in [0.2, 0.25) is 0 Å². The zero-order valence-corrected chi connectivity index (χ0v) is 22.5. The van der Waals surface area contributed by atoms with Gasteiger partial charge in [-0.3, -0.25) is 13.9 Å². The highest BCUT2D eigenvalue weighted by molar-refractivity contribution is 7.92. The maximum absolute atomic E-state index is 13.7. The van der Waals surface area contributed by atoms with Gasteiger partial charge in [0, 0.05) is 13.1 Å². The van der Waals surface area contributed by atoms with Crippen molar-refractivity contribution in [1.29, 1.82) is 0 Å². The van der Waals surface area contributed by atoms with Gasteiger partial charge in [0.1, 0.15) is 24.1 Å². The standard InChI is InChI=1S/C26H37N3O6S/c1-6-17-27-26(31)22(7-2)28(18-20-13-15-21(34-4)16-14-20)25(30)19-29(36(5,32)33)23-11-9-10-12-24(23)35-8-3/h9-16,22H,6-8,17-19H2,1-5H3,(H,27,31)/t22-/m1/s1. The van der Waals surface area contributed by atoms with Gasteiger partial charge in [0.15, 0.2) is 0 Å². The summed E-state index contributed by atoms with van der Waals surface area (Å²) in [6, 6.07) is 13.1. The topological polar surface area (TPSA) is 105 Å². The van der Waals surface area contributed by atoms with E-state index in [1.165, 1.54) is 4.90 Å². The number of rotatable bonds is 14. The highest BCUT2D eigenvalue weighted by atomic mass is 32.2. The van der Waals surface area contributed by atoms with Crippen LogP contribution in [0, 0.1) is 0 Å². The van der Waals surface area contributed by atoms with Crippen molar-refractivity contribution in [2.45, 2.75) is 46.2 Å². The zero-order chi connectivity index (χ0) is 26.7. The van der Waals surface area contributed by atoms with Crippen molar-refractivity contribution in [1.82, 2.24) is 10.2 Å². The lowest BCUT2D eigenvalue weighted by atomic mass is 10.1. The first-order valence-corrected chi connectivity index (χ1v) is 13.9. The fourth-order valence-corrected chi connectivity index (χ4v) is 4.60. The summed E-state index contributed by atoms with van der Waals surface area (Å²) >= 11 is 0. The Morgan fingerprint density at radius 2 is 1.69 bits per heavy atom. The predicted octanol–water partition coefficient (Wildman–Crippen LogP) is 3.19. The van der Waals surface area contributed by atoms with Gasteiger partial charge in [0.2, 0.25) is 21.8 Å². The van der Waals surface area contributed by atoms with E-state index in [-0.39, 0.29) is 18.1 Å². The molecule has 0 aliphatic carbocycles. The highest BCUT2D eigenvalue weighted by Crippen LogP contribution is 2.30. The fourth-order valence-electron chi connectivity index (χ4n) is 3.75. The van der Waals surface area contributed by atoms with Crippen molar-refractivity contribution < 1.29 is 27.5 Å². The number of nitrogens with zero attached hydrogens (tertiary/aromatic N) is 2. The number of carbonyl (C=O) groups excluding carboxylic acids is 2. The van der Waals surface area contributed by atoms with Crippen LogP contribution in [0.15, 0.2) is 48.5 Å². The summed E-state index contributed by atoms with van der Waals surface area (Å²) in [5.74, 6) is 0.246. The van der Waals surface area contributed by atoms with E-state index in [1.54, 1.807) is 50.4 Å². The SMILES string of the molecule is CCCNC(=O)[C@@H](CC)N(Cc1ccc(OC)cc1)C(=O)CN(c1ccccc1OCC)S(C)(=O)=O. The lowest BCUT2D eigenvalue weighted by molar-refractivity contribution is -0.140. The lowest BCUT2D eigenvalue weighted by Crippen LogP contribution is -2.52. The first-order valence-electron chi connectivity index (χ1n) is 12.1. The third kappa shape index (κ3) is 7.87. The number of benzene rings is 2. The average molecular weight is 520 g/mol. The van der Waals surface area contributed by atoms with Crippen molar-refractivity contribution in [3.63, 3.8) is 0 Å². The molecule has 0 aliphatic heterocycles. The lowest BCUT2D eigenvalue weighted by Gasteiger charge is -2.33. The zero-order valence-electron chi connectivity index (χ0n) is 21.7. The molecule has 2 aromatic rings. The third-order valence-electron chi connectivity index (χ3n) is 5.56. The smallest absolute Gasteiger partial charge is 0.244 e. The molecule has 0 fully saturated rings. The van der Waals surface area contributed by atoms with E-state index in [1.807, 2.05) is 26.0 Å². The second-order valence-corrected chi connectivity index (χ2v) is 10.2. The Labute approximate surface area is 214 Å². The number of anilines is 1. The van der Waals surface area contributed by atoms with Gasteiger partial charge in [0.05, 0.1) is 25.7 Å². The number of hydrogen-bond acceptors (Lipinski definition) is 6. The Morgan fingerprint density at radius 1 is 1.03 bits per heavy atom. The van der Waals surface area contributed by atoms with Crippen molar-refractivity contribution in [2.75, 3.05) is 37.4 Å². The number of ether oxygens (including phenoxy) is 2. The molecular weight excluding hydrogens is 482 g/mol. The summed E-state index contributed by atoms with van der Waals surface area (Å²) in [5, 5.41) is 2.86. The normalized spacial score (nSPS) is 11.9. The molecule has 2 amide bonds. The Kier molecular flexibility index (Phi) is 11.0. The summed E-state index contributed by atoms with van der Waals surface area (Å²) in [6.45, 7) is 6.04. The second-order valence-electron chi connectivity index (χ2n) is 8.26. The van der Waals surface area contributed by atoms with Gasteiger partial charge in [-0.1, -0.05) is 38.1 Å². The molecule has 9 nitrogen and oxygen atoms in total. The van der Waals surface area contributed by atoms with E-state index in [4.69, 9.17) is 9.47 Å². The number of carbonyl (C=O) groups is 2. The van der Waals surface area contributed by atoms with Gasteiger partial charge in [-0.2, -0.15) is 0 Å². The van der Waals surface area contributed by atoms with Gasteiger partial charge >= 0.3 is 0 Å². The molecule has 36 heavy (non-hydrogen) atoms. The molecule has 0 unspecified atom stereocenters. The first-order chi connectivity index (χ1) is 17.2. The third-order valence-corrected chi connectivity index (χ3v) is 6.69. The molecule has 0 bridgehead atoms. The Bertz CT molecular complexity index is 1100. The van der Waals surface area contributed by atoms with Crippen LogP contribution < -0.4 is 19.1 Å². The van der Waals surface area contributed by atoms with E-state index in [0.29, 0.717) is 31.1 Å². The molecule has 1 atom stereocenters. The van der Waals surface area contributed by atoms with E-state index >= 15 is 0 Å². The molecular formula is C26H37N3O6S. The number of nitrogens with one attached hydrogen (secondary N) is 1. The molecule has 2 aromatic carbocycles. The molecule has 1 N–H and O–H groups in total. The summed E-state index contributed by atoms with van der Waals surface area (Å²) in [6.07, 6.45) is 2.17. The molecule has 0 aromatic heterocycles. The summed E-state index contributed by atoms with van der Waals surface area (Å²) < 4.78 is 37.4. The molecule has 2 rings (SSSR count). The molecule has 0 saturated carbocycles. The van der Waals surface area contributed by atoms with Crippen LogP contribution in [-0.4, -0.2) is 64.2 Å². The van der Waals surface area contributed by atoms with Crippen molar-refractivity contribution >= 4 is 27.5 Å². The van der Waals surface area contributed by atoms with Crippen LogP contribution >= 0.6 is 0 Å². The minimum absolute atomic E-state index is 0.131. The maximum Gasteiger partial charge on any atom is 0.244 e. The first kappa shape index (κ1) is 29.0. The molecule has 10 heteroatoms. The highest BCUT2D eigenvalue weighted by Gasteiger charge is 2.32. The van der Waals surface area contributed by atoms with E-state index in [2.05, 4.69) is 5.32 Å². The maximum atomic E-state index is 13.7. The second kappa shape index (κ2) is 13.7. The van der Waals surface area contributed by atoms with Gasteiger partial charge in [-0.25, -0.2) is 8.42 Å². The number of para-hydroxylation sites is 2. The summed E-state index contributed by atoms with van der Waals surface area (Å²) in [4.78, 5) is 28.1. The number of methoxy groups -OCH3 is 1. The average Bonchev–Trinajstić information content (AvgIpc) is 2.86. The van der Waals surface area contributed by atoms with Crippen molar-refractivity contribution in [3.05, 3.63) is 54.1 Å². The summed E-state index contributed by atoms with van der Waals surface area (Å²) in [7, 11) is -2.28. The van der Waals surface area contributed by atoms with Gasteiger partial charge in [-0.05, 0) is 49.6 Å². The van der Waals surface area contributed by atoms with Crippen LogP contribution in [0.5, 0.6) is 11.5 Å². The molecule has 0 saturated heterocycles. The van der Waals surface area contributed by atoms with E-state index < -0.39 is 28.5 Å². The number of hydrogen-bond donors (Lipinski definition) is 1. The predicted molar refractivity (Wildman–Crippen MR) is 141 cm³/mol. The molecule has 0 radical (unpaired) electrons. The van der Waals surface area contributed by atoms with Gasteiger partial charge < -0.3 is 19.7 Å². The van der Waals surface area contributed by atoms with Crippen molar-refractivity contribution in [3.8, 4) is 11.5 Å². The Hall–Kier alpha value is -3.27. The van der Waals surface area contributed by atoms with E-state index in [0.717, 1.165) is 22.5 Å². The van der Waals surface area contributed by atoms with Crippen LogP contribution in [0.25, 0.3) is 0 Å². The molecule has 0 spiro atoms.